The molecule has 1 aliphatic rings. The summed E-state index contributed by atoms with van der Waals surface area (Å²) in [5.74, 6) is 0. The van der Waals surface area contributed by atoms with Gasteiger partial charge in [-0.3, -0.25) is 0 Å². The van der Waals surface area contributed by atoms with Gasteiger partial charge in [0.2, 0.25) is 0 Å². The molecule has 0 saturated heterocycles. The molecular formula is C21H26. The number of aryl methyl sites for hydroxylation is 1. The highest BCUT2D eigenvalue weighted by molar-refractivity contribution is 5.88. The molecule has 0 saturated carbocycles. The van der Waals surface area contributed by atoms with E-state index in [1.807, 2.05) is 13.8 Å². The number of fused-ring (bicyclic) bond motifs is 3. The zero-order valence-electron chi connectivity index (χ0n) is 14.1. The smallest absolute Gasteiger partial charge is 0.0159 e. The monoisotopic (exact) mass is 278 g/mol. The van der Waals surface area contributed by atoms with E-state index in [2.05, 4.69) is 76.2 Å². The summed E-state index contributed by atoms with van der Waals surface area (Å²) in [5, 5.41) is 0. The van der Waals surface area contributed by atoms with Crippen molar-refractivity contribution in [3.05, 3.63) is 64.7 Å². The minimum Gasteiger partial charge on any atom is -0.0870 e. The lowest BCUT2D eigenvalue weighted by atomic mass is 9.82. The van der Waals surface area contributed by atoms with Crippen LogP contribution in [0, 0.1) is 6.92 Å². The molecule has 0 atom stereocenters. The molecule has 0 radical (unpaired) electrons. The molecule has 0 bridgehead atoms. The number of benzene rings is 2. The molecule has 3 rings (SSSR count). The Labute approximate surface area is 129 Å². The quantitative estimate of drug-likeness (QED) is 0.569. The minimum absolute atomic E-state index is 0.107. The van der Waals surface area contributed by atoms with Crippen LogP contribution in [0.1, 0.15) is 56.9 Å². The maximum Gasteiger partial charge on any atom is 0.0159 e. The molecule has 0 aromatic heterocycles. The highest BCUT2D eigenvalue weighted by Crippen LogP contribution is 2.50. The Bertz CT molecular complexity index is 672. The Morgan fingerprint density at radius 3 is 2.24 bits per heavy atom. The molecule has 0 nitrogen and oxygen atoms in total. The van der Waals surface area contributed by atoms with Crippen LogP contribution in [-0.4, -0.2) is 0 Å². The van der Waals surface area contributed by atoms with E-state index >= 15 is 0 Å². The fourth-order valence-electron chi connectivity index (χ4n) is 3.31. The van der Waals surface area contributed by atoms with Crippen LogP contribution in [0.3, 0.4) is 0 Å². The third-order valence-electron chi connectivity index (χ3n) is 4.34. The van der Waals surface area contributed by atoms with Crippen LogP contribution >= 0.6 is 0 Å². The molecule has 110 valence electrons. The lowest BCUT2D eigenvalue weighted by Crippen LogP contribution is -2.14. The Kier molecular flexibility index (Phi) is 4.37. The van der Waals surface area contributed by atoms with E-state index in [1.165, 1.54) is 33.4 Å². The normalized spacial score (nSPS) is 14.4. The second-order valence-corrected chi connectivity index (χ2v) is 5.89. The zero-order valence-corrected chi connectivity index (χ0v) is 14.1. The van der Waals surface area contributed by atoms with Crippen molar-refractivity contribution >= 4 is 6.08 Å². The third kappa shape index (κ3) is 2.33. The van der Waals surface area contributed by atoms with Gasteiger partial charge in [0.05, 0.1) is 0 Å². The average Bonchev–Trinajstić information content (AvgIpc) is 2.73. The van der Waals surface area contributed by atoms with Crippen molar-refractivity contribution < 1.29 is 0 Å². The van der Waals surface area contributed by atoms with Gasteiger partial charge in [0.25, 0.3) is 0 Å². The fraction of sp³-hybridized carbons (Fsp3) is 0.333. The Morgan fingerprint density at radius 2 is 1.57 bits per heavy atom. The first-order valence-electron chi connectivity index (χ1n) is 7.94. The van der Waals surface area contributed by atoms with Gasteiger partial charge >= 0.3 is 0 Å². The van der Waals surface area contributed by atoms with Crippen molar-refractivity contribution in [2.45, 2.75) is 47.0 Å². The first-order chi connectivity index (χ1) is 10.1. The number of allylic oxidation sites excluding steroid dienone is 1. The maximum atomic E-state index is 2.33. The third-order valence-corrected chi connectivity index (χ3v) is 4.34. The molecule has 2 aromatic rings. The molecule has 0 spiro atoms. The van der Waals surface area contributed by atoms with Crippen LogP contribution in [0.5, 0.6) is 0 Å². The van der Waals surface area contributed by atoms with Crippen LogP contribution in [0.4, 0.5) is 0 Å². The summed E-state index contributed by atoms with van der Waals surface area (Å²) < 4.78 is 0. The van der Waals surface area contributed by atoms with E-state index < -0.39 is 0 Å². The highest BCUT2D eigenvalue weighted by Gasteiger charge is 2.36. The van der Waals surface area contributed by atoms with Crippen LogP contribution in [0.15, 0.2) is 42.5 Å². The molecule has 1 aliphatic carbocycles. The summed E-state index contributed by atoms with van der Waals surface area (Å²) in [7, 11) is 0. The van der Waals surface area contributed by atoms with E-state index in [-0.39, 0.29) is 5.41 Å². The van der Waals surface area contributed by atoms with Crippen LogP contribution in [0.25, 0.3) is 17.2 Å². The van der Waals surface area contributed by atoms with Crippen molar-refractivity contribution in [3.8, 4) is 11.1 Å². The van der Waals surface area contributed by atoms with Crippen molar-refractivity contribution in [2.75, 3.05) is 0 Å². The van der Waals surface area contributed by atoms with Crippen molar-refractivity contribution in [1.82, 2.24) is 0 Å². The minimum atomic E-state index is 0.107. The molecule has 0 heteroatoms. The Hall–Kier alpha value is -1.82. The first-order valence-corrected chi connectivity index (χ1v) is 7.94. The summed E-state index contributed by atoms with van der Waals surface area (Å²) in [5.41, 5.74) is 8.56. The molecule has 0 heterocycles. The van der Waals surface area contributed by atoms with E-state index in [4.69, 9.17) is 0 Å². The Morgan fingerprint density at radius 1 is 0.905 bits per heavy atom. The summed E-state index contributed by atoms with van der Waals surface area (Å²) in [6, 6.07) is 13.4. The molecule has 0 aliphatic heterocycles. The highest BCUT2D eigenvalue weighted by atomic mass is 14.4. The molecule has 0 N–H and O–H groups in total. The summed E-state index contributed by atoms with van der Waals surface area (Å²) in [6.45, 7) is 12.9. The molecule has 21 heavy (non-hydrogen) atoms. The number of hydrogen-bond donors (Lipinski definition) is 0. The van der Waals surface area contributed by atoms with E-state index in [0.717, 1.165) is 0 Å². The lowest BCUT2D eigenvalue weighted by molar-refractivity contribution is 0.660. The lowest BCUT2D eigenvalue weighted by Gasteiger charge is -2.21. The van der Waals surface area contributed by atoms with E-state index in [9.17, 15) is 0 Å². The summed E-state index contributed by atoms with van der Waals surface area (Å²) in [4.78, 5) is 0. The first kappa shape index (κ1) is 15.6. The number of rotatable bonds is 1. The predicted octanol–water partition coefficient (Wildman–Crippen LogP) is 6.36. The van der Waals surface area contributed by atoms with Gasteiger partial charge in [0.15, 0.2) is 0 Å². The van der Waals surface area contributed by atoms with Gasteiger partial charge in [0.1, 0.15) is 0 Å². The molecule has 2 aromatic carbocycles. The number of hydrogen-bond acceptors (Lipinski definition) is 0. The second kappa shape index (κ2) is 5.89. The Balaban J connectivity index is 0.000000774. The van der Waals surface area contributed by atoms with Gasteiger partial charge in [-0.2, -0.15) is 0 Å². The van der Waals surface area contributed by atoms with Crippen LogP contribution in [0.2, 0.25) is 0 Å². The zero-order chi connectivity index (χ0) is 15.6. The van der Waals surface area contributed by atoms with Crippen LogP contribution in [-0.2, 0) is 5.41 Å². The van der Waals surface area contributed by atoms with Gasteiger partial charge in [-0.25, -0.2) is 0 Å². The van der Waals surface area contributed by atoms with Gasteiger partial charge in [-0.1, -0.05) is 76.2 Å². The molecule has 0 fully saturated rings. The van der Waals surface area contributed by atoms with Crippen molar-refractivity contribution in [2.24, 2.45) is 0 Å². The fourth-order valence-corrected chi connectivity index (χ4v) is 3.31. The molecular weight excluding hydrogens is 252 g/mol. The van der Waals surface area contributed by atoms with Gasteiger partial charge < -0.3 is 0 Å². The second-order valence-electron chi connectivity index (χ2n) is 5.89. The van der Waals surface area contributed by atoms with Gasteiger partial charge in [-0.05, 0) is 47.2 Å². The summed E-state index contributed by atoms with van der Waals surface area (Å²) >= 11 is 0. The van der Waals surface area contributed by atoms with Crippen molar-refractivity contribution in [3.63, 3.8) is 0 Å². The standard InChI is InChI=1S/C19H20.C2H6/c1-5-8-14-13(2)11-12-17-18(14)15-9-6-7-10-16(15)19(17,3)4;1-2/h5-12H,1-4H3;1-2H3/b8-5-;. The predicted molar refractivity (Wildman–Crippen MR) is 94.8 cm³/mol. The molecule has 0 amide bonds. The molecule has 0 unspecified atom stereocenters. The SMILES string of the molecule is C/C=C\c1c(C)ccc2c1-c1ccccc1C2(C)C.CC. The summed E-state index contributed by atoms with van der Waals surface area (Å²) in [6.07, 6.45) is 4.38. The average molecular weight is 278 g/mol. The van der Waals surface area contributed by atoms with Crippen LogP contribution < -0.4 is 0 Å². The van der Waals surface area contributed by atoms with E-state index in [1.54, 1.807) is 0 Å². The van der Waals surface area contributed by atoms with Crippen molar-refractivity contribution in [1.29, 1.82) is 0 Å². The van der Waals surface area contributed by atoms with Gasteiger partial charge in [-0.15, -0.1) is 0 Å². The van der Waals surface area contributed by atoms with E-state index in [0.29, 0.717) is 0 Å². The maximum absolute atomic E-state index is 2.33. The topological polar surface area (TPSA) is 0 Å². The largest absolute Gasteiger partial charge is 0.0870 e. The van der Waals surface area contributed by atoms with Gasteiger partial charge in [0, 0.05) is 5.41 Å².